The van der Waals surface area contributed by atoms with Gasteiger partial charge < -0.3 is 14.8 Å². The Kier molecular flexibility index (Phi) is 4.24. The molecule has 0 spiro atoms. The van der Waals surface area contributed by atoms with E-state index in [2.05, 4.69) is 5.32 Å². The topological polar surface area (TPSA) is 73.6 Å². The highest BCUT2D eigenvalue weighted by Crippen LogP contribution is 2.45. The maximum atomic E-state index is 13.0. The molecule has 1 aliphatic carbocycles. The largest absolute Gasteiger partial charge is 0.493 e. The Balaban J connectivity index is 1.82. The molecule has 1 fully saturated rings. The van der Waals surface area contributed by atoms with Crippen LogP contribution in [0.1, 0.15) is 17.9 Å². The molecular formula is C17H17FN2O4. The van der Waals surface area contributed by atoms with Crippen molar-refractivity contribution in [3.8, 4) is 11.5 Å². The van der Waals surface area contributed by atoms with Crippen molar-refractivity contribution in [2.75, 3.05) is 19.5 Å². The van der Waals surface area contributed by atoms with Gasteiger partial charge in [0.2, 0.25) is 0 Å². The van der Waals surface area contributed by atoms with Gasteiger partial charge >= 0.3 is 0 Å². The van der Waals surface area contributed by atoms with Crippen molar-refractivity contribution >= 4 is 11.4 Å². The van der Waals surface area contributed by atoms with E-state index in [4.69, 9.17) is 9.47 Å². The maximum Gasteiger partial charge on any atom is 0.296 e. The van der Waals surface area contributed by atoms with Crippen molar-refractivity contribution in [3.63, 3.8) is 0 Å². The number of nitrogens with zero attached hydrogens (tertiary/aromatic N) is 1. The number of nitro groups is 1. The molecular weight excluding hydrogens is 315 g/mol. The van der Waals surface area contributed by atoms with Crippen molar-refractivity contribution in [2.45, 2.75) is 18.4 Å². The van der Waals surface area contributed by atoms with Gasteiger partial charge in [-0.1, -0.05) is 12.1 Å². The lowest BCUT2D eigenvalue weighted by Crippen LogP contribution is -2.07. The maximum absolute atomic E-state index is 13.0. The Morgan fingerprint density at radius 1 is 1.17 bits per heavy atom. The summed E-state index contributed by atoms with van der Waals surface area (Å²) in [5.74, 6) is 0.656. The van der Waals surface area contributed by atoms with Crippen LogP contribution < -0.4 is 14.8 Å². The zero-order valence-corrected chi connectivity index (χ0v) is 13.3. The van der Waals surface area contributed by atoms with Gasteiger partial charge in [-0.05, 0) is 24.1 Å². The minimum Gasteiger partial charge on any atom is -0.493 e. The van der Waals surface area contributed by atoms with E-state index < -0.39 is 4.92 Å². The summed E-state index contributed by atoms with van der Waals surface area (Å²) >= 11 is 0. The van der Waals surface area contributed by atoms with Crippen LogP contribution in [0.5, 0.6) is 11.5 Å². The van der Waals surface area contributed by atoms with Crippen LogP contribution in [0.15, 0.2) is 36.4 Å². The van der Waals surface area contributed by atoms with E-state index in [9.17, 15) is 14.5 Å². The molecule has 24 heavy (non-hydrogen) atoms. The van der Waals surface area contributed by atoms with E-state index in [1.54, 1.807) is 18.2 Å². The first kappa shape index (κ1) is 16.0. The van der Waals surface area contributed by atoms with E-state index in [1.165, 1.54) is 32.4 Å². The Labute approximate surface area is 138 Å². The Morgan fingerprint density at radius 2 is 1.79 bits per heavy atom. The monoisotopic (exact) mass is 332 g/mol. The minimum atomic E-state index is -0.459. The van der Waals surface area contributed by atoms with E-state index in [1.807, 2.05) is 0 Å². The van der Waals surface area contributed by atoms with Gasteiger partial charge in [0.1, 0.15) is 11.5 Å². The first-order valence-corrected chi connectivity index (χ1v) is 7.46. The number of nitrogens with one attached hydrogen (secondary N) is 1. The predicted molar refractivity (Wildman–Crippen MR) is 87.4 cm³/mol. The van der Waals surface area contributed by atoms with Crippen molar-refractivity contribution in [1.29, 1.82) is 0 Å². The lowest BCUT2D eigenvalue weighted by Gasteiger charge is -2.12. The number of ether oxygens (including phenoxy) is 2. The molecule has 2 aromatic rings. The van der Waals surface area contributed by atoms with Crippen LogP contribution in [0.3, 0.4) is 0 Å². The number of halogens is 1. The summed E-state index contributed by atoms with van der Waals surface area (Å²) in [6, 6.07) is 9.29. The fraction of sp³-hybridized carbons (Fsp3) is 0.294. The molecule has 3 rings (SSSR count). The molecule has 7 heteroatoms. The summed E-state index contributed by atoms with van der Waals surface area (Å²) in [7, 11) is 2.91. The van der Waals surface area contributed by atoms with E-state index >= 15 is 0 Å². The summed E-state index contributed by atoms with van der Waals surface area (Å²) in [5, 5.41) is 14.5. The Bertz CT molecular complexity index is 764. The summed E-state index contributed by atoms with van der Waals surface area (Å²) in [6.45, 7) is 0. The number of benzene rings is 2. The third kappa shape index (κ3) is 3.10. The second-order valence-corrected chi connectivity index (χ2v) is 5.63. The molecule has 0 aliphatic heterocycles. The van der Waals surface area contributed by atoms with Gasteiger partial charge in [-0.25, -0.2) is 4.39 Å². The van der Waals surface area contributed by atoms with Gasteiger partial charge in [0, 0.05) is 18.0 Å². The summed E-state index contributed by atoms with van der Waals surface area (Å²) < 4.78 is 23.3. The highest BCUT2D eigenvalue weighted by Gasteiger charge is 2.39. The van der Waals surface area contributed by atoms with Gasteiger partial charge in [-0.3, -0.25) is 10.1 Å². The average molecular weight is 332 g/mol. The molecule has 0 heterocycles. The van der Waals surface area contributed by atoms with E-state index in [0.717, 1.165) is 12.0 Å². The highest BCUT2D eigenvalue weighted by atomic mass is 19.1. The number of methoxy groups -OCH3 is 2. The number of nitro benzene ring substituents is 1. The molecule has 1 aliphatic rings. The van der Waals surface area contributed by atoms with Crippen molar-refractivity contribution in [3.05, 3.63) is 57.9 Å². The van der Waals surface area contributed by atoms with Crippen molar-refractivity contribution in [2.24, 2.45) is 0 Å². The fourth-order valence-corrected chi connectivity index (χ4v) is 2.77. The standard InChI is InChI=1S/C17H17FN2O4/c1-23-16-8-14(15(20(21)22)9-17(16)24-2)19-13-7-12(13)10-3-5-11(18)6-4-10/h3-6,8-9,12-13,19H,7H2,1-2H3/t12-,13+/m0/s1. The van der Waals surface area contributed by atoms with E-state index in [-0.39, 0.29) is 23.5 Å². The molecule has 0 bridgehead atoms. The normalized spacial score (nSPS) is 18.8. The predicted octanol–water partition coefficient (Wildman–Crippen LogP) is 3.72. The molecule has 0 radical (unpaired) electrons. The van der Waals surface area contributed by atoms with Gasteiger partial charge in [-0.15, -0.1) is 0 Å². The average Bonchev–Trinajstić information content (AvgIpc) is 3.34. The Morgan fingerprint density at radius 3 is 2.38 bits per heavy atom. The number of rotatable bonds is 6. The number of hydrogen-bond acceptors (Lipinski definition) is 5. The van der Waals surface area contributed by atoms with Crippen LogP contribution in [0.4, 0.5) is 15.8 Å². The van der Waals surface area contributed by atoms with Gasteiger partial charge in [0.25, 0.3) is 5.69 Å². The quantitative estimate of drug-likeness (QED) is 0.645. The molecule has 126 valence electrons. The van der Waals surface area contributed by atoms with Crippen LogP contribution in [-0.4, -0.2) is 25.2 Å². The van der Waals surface area contributed by atoms with Crippen LogP contribution in [-0.2, 0) is 0 Å². The van der Waals surface area contributed by atoms with Crippen LogP contribution in [0, 0.1) is 15.9 Å². The third-order valence-electron chi connectivity index (χ3n) is 4.13. The fourth-order valence-electron chi connectivity index (χ4n) is 2.77. The van der Waals surface area contributed by atoms with Crippen LogP contribution in [0.25, 0.3) is 0 Å². The molecule has 0 amide bonds. The minimum absolute atomic E-state index is 0.0623. The smallest absolute Gasteiger partial charge is 0.296 e. The third-order valence-corrected chi connectivity index (χ3v) is 4.13. The molecule has 0 unspecified atom stereocenters. The highest BCUT2D eigenvalue weighted by molar-refractivity contribution is 5.69. The SMILES string of the molecule is COc1cc(N[C@@H]2C[C@H]2c2ccc(F)cc2)c([N+](=O)[O-])cc1OC. The second kappa shape index (κ2) is 6.35. The summed E-state index contributed by atoms with van der Waals surface area (Å²) in [5.41, 5.74) is 1.32. The molecule has 2 atom stereocenters. The molecule has 0 saturated heterocycles. The zero-order valence-electron chi connectivity index (χ0n) is 13.3. The van der Waals surface area contributed by atoms with Crippen molar-refractivity contribution in [1.82, 2.24) is 0 Å². The second-order valence-electron chi connectivity index (χ2n) is 5.63. The molecule has 0 aromatic heterocycles. The lowest BCUT2D eigenvalue weighted by molar-refractivity contribution is -0.384. The van der Waals surface area contributed by atoms with Gasteiger partial charge in [-0.2, -0.15) is 0 Å². The van der Waals surface area contributed by atoms with Crippen LogP contribution >= 0.6 is 0 Å². The lowest BCUT2D eigenvalue weighted by atomic mass is 10.1. The number of anilines is 1. The van der Waals surface area contributed by atoms with Gasteiger partial charge in [0.05, 0.1) is 25.2 Å². The number of hydrogen-bond donors (Lipinski definition) is 1. The van der Waals surface area contributed by atoms with Gasteiger partial charge in [0.15, 0.2) is 11.5 Å². The molecule has 6 nitrogen and oxygen atoms in total. The molecule has 1 saturated carbocycles. The molecule has 2 aromatic carbocycles. The van der Waals surface area contributed by atoms with Crippen molar-refractivity contribution < 1.29 is 18.8 Å². The first-order chi connectivity index (χ1) is 11.5. The first-order valence-electron chi connectivity index (χ1n) is 7.46. The summed E-state index contributed by atoms with van der Waals surface area (Å²) in [4.78, 5) is 10.8. The Hall–Kier alpha value is -2.83. The summed E-state index contributed by atoms with van der Waals surface area (Å²) in [6.07, 6.45) is 0.830. The van der Waals surface area contributed by atoms with E-state index in [0.29, 0.717) is 17.2 Å². The van der Waals surface area contributed by atoms with Crippen LogP contribution in [0.2, 0.25) is 0 Å². The molecule has 1 N–H and O–H groups in total. The zero-order chi connectivity index (χ0) is 17.3.